The van der Waals surface area contributed by atoms with E-state index in [1.807, 2.05) is 67.6 Å². The molecule has 0 bridgehead atoms. The van der Waals surface area contributed by atoms with Crippen LogP contribution in [0.5, 0.6) is 11.5 Å². The lowest BCUT2D eigenvalue weighted by Gasteiger charge is -2.14. The maximum absolute atomic E-state index is 9.73. The Morgan fingerprint density at radius 3 is 2.61 bits per heavy atom. The minimum atomic E-state index is 0.380. The van der Waals surface area contributed by atoms with E-state index in [1.54, 1.807) is 12.1 Å². The summed E-state index contributed by atoms with van der Waals surface area (Å²) in [5.74, 6) is 1.03. The second kappa shape index (κ2) is 9.65. The van der Waals surface area contributed by atoms with Crippen LogP contribution in [-0.2, 0) is 6.61 Å². The standard InChI is InChI=1S/C25H19ClN2O2S/c1-2-29-22-14-18(13-20(26)24(22)30-16-17-8-4-3-5-9-17)12-19(15-27)25-28-21-10-6-7-11-23(21)31-25/h3-14H,2,16H2,1H3/b19-12+. The van der Waals surface area contributed by atoms with Crippen molar-refractivity contribution in [3.8, 4) is 17.6 Å². The number of halogens is 1. The molecule has 1 aromatic heterocycles. The molecule has 3 aromatic carbocycles. The fourth-order valence-electron chi connectivity index (χ4n) is 3.10. The molecule has 0 spiro atoms. The summed E-state index contributed by atoms with van der Waals surface area (Å²) in [7, 11) is 0. The van der Waals surface area contributed by atoms with Gasteiger partial charge in [0, 0.05) is 0 Å². The fraction of sp³-hybridized carbons (Fsp3) is 0.120. The average Bonchev–Trinajstić information content (AvgIpc) is 3.22. The third kappa shape index (κ3) is 4.88. The first-order valence-corrected chi connectivity index (χ1v) is 11.0. The summed E-state index contributed by atoms with van der Waals surface area (Å²) in [6.45, 7) is 2.75. The topological polar surface area (TPSA) is 55.1 Å². The number of nitriles is 1. The summed E-state index contributed by atoms with van der Waals surface area (Å²) in [4.78, 5) is 4.58. The summed E-state index contributed by atoms with van der Waals surface area (Å²) in [5.41, 5.74) is 3.13. The summed E-state index contributed by atoms with van der Waals surface area (Å²) >= 11 is 8.03. The van der Waals surface area contributed by atoms with E-state index in [2.05, 4.69) is 11.1 Å². The Hall–Kier alpha value is -3.33. The summed E-state index contributed by atoms with van der Waals surface area (Å²) in [6.07, 6.45) is 1.77. The van der Waals surface area contributed by atoms with Gasteiger partial charge < -0.3 is 9.47 Å². The van der Waals surface area contributed by atoms with E-state index in [0.29, 0.717) is 40.3 Å². The third-order valence-corrected chi connectivity index (χ3v) is 5.86. The normalized spacial score (nSPS) is 11.3. The second-order valence-corrected chi connectivity index (χ2v) is 8.13. The molecule has 0 fully saturated rings. The van der Waals surface area contributed by atoms with E-state index in [9.17, 15) is 5.26 Å². The number of hydrogen-bond donors (Lipinski definition) is 0. The number of nitrogens with zero attached hydrogens (tertiary/aromatic N) is 2. The molecular weight excluding hydrogens is 428 g/mol. The van der Waals surface area contributed by atoms with E-state index in [1.165, 1.54) is 11.3 Å². The van der Waals surface area contributed by atoms with Gasteiger partial charge in [-0.05, 0) is 48.4 Å². The van der Waals surface area contributed by atoms with Gasteiger partial charge in [0.05, 0.1) is 27.4 Å². The molecule has 0 radical (unpaired) electrons. The van der Waals surface area contributed by atoms with Crippen molar-refractivity contribution in [2.75, 3.05) is 6.61 Å². The van der Waals surface area contributed by atoms with Crippen LogP contribution in [0.15, 0.2) is 66.7 Å². The fourth-order valence-corrected chi connectivity index (χ4v) is 4.31. The predicted molar refractivity (Wildman–Crippen MR) is 126 cm³/mol. The number of aromatic nitrogens is 1. The molecule has 4 nitrogen and oxygen atoms in total. The molecule has 0 saturated heterocycles. The van der Waals surface area contributed by atoms with Crippen LogP contribution in [0.2, 0.25) is 5.02 Å². The molecule has 0 saturated carbocycles. The van der Waals surface area contributed by atoms with Crippen molar-refractivity contribution in [2.45, 2.75) is 13.5 Å². The van der Waals surface area contributed by atoms with Crippen LogP contribution < -0.4 is 9.47 Å². The van der Waals surface area contributed by atoms with Gasteiger partial charge in [-0.3, -0.25) is 0 Å². The Morgan fingerprint density at radius 1 is 1.10 bits per heavy atom. The SMILES string of the molecule is CCOc1cc(/C=C(\C#N)c2nc3ccccc3s2)cc(Cl)c1OCc1ccccc1. The van der Waals surface area contributed by atoms with Gasteiger partial charge in [-0.15, -0.1) is 11.3 Å². The maximum atomic E-state index is 9.73. The zero-order valence-electron chi connectivity index (χ0n) is 16.8. The van der Waals surface area contributed by atoms with Gasteiger partial charge in [-0.25, -0.2) is 4.98 Å². The first-order valence-electron chi connectivity index (χ1n) is 9.78. The molecule has 0 aliphatic heterocycles. The predicted octanol–water partition coefficient (Wildman–Crippen LogP) is 6.99. The van der Waals surface area contributed by atoms with Crippen LogP contribution in [0.4, 0.5) is 0 Å². The van der Waals surface area contributed by atoms with Gasteiger partial charge in [0.1, 0.15) is 17.7 Å². The van der Waals surface area contributed by atoms with Crippen LogP contribution >= 0.6 is 22.9 Å². The third-order valence-electron chi connectivity index (χ3n) is 4.51. The van der Waals surface area contributed by atoms with Crippen molar-refractivity contribution in [1.29, 1.82) is 5.26 Å². The van der Waals surface area contributed by atoms with Crippen LogP contribution in [0.3, 0.4) is 0 Å². The van der Waals surface area contributed by atoms with Gasteiger partial charge in [-0.1, -0.05) is 54.1 Å². The van der Waals surface area contributed by atoms with Crippen molar-refractivity contribution in [3.05, 3.63) is 87.9 Å². The smallest absolute Gasteiger partial charge is 0.180 e. The number of para-hydroxylation sites is 1. The zero-order chi connectivity index (χ0) is 21.6. The van der Waals surface area contributed by atoms with E-state index in [-0.39, 0.29) is 0 Å². The molecule has 4 aromatic rings. The number of benzene rings is 3. The molecule has 4 rings (SSSR count). The maximum Gasteiger partial charge on any atom is 0.180 e. The first kappa shape index (κ1) is 20.9. The minimum Gasteiger partial charge on any atom is -0.490 e. The van der Waals surface area contributed by atoms with Gasteiger partial charge in [0.15, 0.2) is 11.5 Å². The Bertz CT molecular complexity index is 1240. The zero-order valence-corrected chi connectivity index (χ0v) is 18.4. The molecule has 0 N–H and O–H groups in total. The van der Waals surface area contributed by atoms with Crippen molar-refractivity contribution in [2.24, 2.45) is 0 Å². The molecule has 0 aliphatic carbocycles. The van der Waals surface area contributed by atoms with Crippen molar-refractivity contribution in [1.82, 2.24) is 4.98 Å². The Balaban J connectivity index is 1.66. The summed E-state index contributed by atoms with van der Waals surface area (Å²) < 4.78 is 12.8. The van der Waals surface area contributed by atoms with E-state index in [4.69, 9.17) is 21.1 Å². The Kier molecular flexibility index (Phi) is 6.51. The number of thiazole rings is 1. The molecule has 0 amide bonds. The van der Waals surface area contributed by atoms with Gasteiger partial charge in [0.2, 0.25) is 0 Å². The highest BCUT2D eigenvalue weighted by molar-refractivity contribution is 7.19. The van der Waals surface area contributed by atoms with E-state index < -0.39 is 0 Å². The van der Waals surface area contributed by atoms with Gasteiger partial charge in [0.25, 0.3) is 0 Å². The monoisotopic (exact) mass is 446 g/mol. The number of fused-ring (bicyclic) bond motifs is 1. The molecule has 0 unspecified atom stereocenters. The average molecular weight is 447 g/mol. The van der Waals surface area contributed by atoms with Crippen molar-refractivity contribution >= 4 is 44.8 Å². The van der Waals surface area contributed by atoms with Crippen LogP contribution in [-0.4, -0.2) is 11.6 Å². The number of allylic oxidation sites excluding steroid dienone is 1. The lowest BCUT2D eigenvalue weighted by Crippen LogP contribution is -2.01. The Labute approximate surface area is 190 Å². The van der Waals surface area contributed by atoms with Gasteiger partial charge in [-0.2, -0.15) is 5.26 Å². The highest BCUT2D eigenvalue weighted by Gasteiger charge is 2.14. The van der Waals surface area contributed by atoms with Crippen molar-refractivity contribution < 1.29 is 9.47 Å². The highest BCUT2D eigenvalue weighted by Crippen LogP contribution is 2.38. The number of ether oxygens (including phenoxy) is 2. The van der Waals surface area contributed by atoms with E-state index in [0.717, 1.165) is 21.3 Å². The number of hydrogen-bond acceptors (Lipinski definition) is 5. The highest BCUT2D eigenvalue weighted by atomic mass is 35.5. The number of rotatable bonds is 7. The lowest BCUT2D eigenvalue weighted by molar-refractivity contribution is 0.269. The van der Waals surface area contributed by atoms with E-state index >= 15 is 0 Å². The van der Waals surface area contributed by atoms with Crippen LogP contribution in [0.25, 0.3) is 21.9 Å². The Morgan fingerprint density at radius 2 is 1.87 bits per heavy atom. The molecule has 0 aliphatic rings. The molecule has 6 heteroatoms. The second-order valence-electron chi connectivity index (χ2n) is 6.69. The first-order chi connectivity index (χ1) is 15.2. The largest absolute Gasteiger partial charge is 0.490 e. The molecule has 154 valence electrons. The molecule has 0 atom stereocenters. The summed E-state index contributed by atoms with van der Waals surface area (Å²) in [6, 6.07) is 23.5. The van der Waals surface area contributed by atoms with Crippen LogP contribution in [0, 0.1) is 11.3 Å². The molecule has 31 heavy (non-hydrogen) atoms. The quantitative estimate of drug-likeness (QED) is 0.287. The lowest BCUT2D eigenvalue weighted by atomic mass is 10.1. The summed E-state index contributed by atoms with van der Waals surface area (Å²) in [5, 5.41) is 10.8. The molecular formula is C25H19ClN2O2S. The minimum absolute atomic E-state index is 0.380. The van der Waals surface area contributed by atoms with Crippen molar-refractivity contribution in [3.63, 3.8) is 0 Å². The molecule has 1 heterocycles. The van der Waals surface area contributed by atoms with Crippen LogP contribution in [0.1, 0.15) is 23.1 Å². The van der Waals surface area contributed by atoms with Gasteiger partial charge >= 0.3 is 0 Å².